The van der Waals surface area contributed by atoms with E-state index >= 15 is 0 Å². The third-order valence-electron chi connectivity index (χ3n) is 4.75. The van der Waals surface area contributed by atoms with Gasteiger partial charge in [-0.05, 0) is 24.3 Å². The van der Waals surface area contributed by atoms with Gasteiger partial charge in [0.1, 0.15) is 11.3 Å². The lowest BCUT2D eigenvalue weighted by molar-refractivity contribution is -0.124. The minimum Gasteiger partial charge on any atom is -0.496 e. The highest BCUT2D eigenvalue weighted by Crippen LogP contribution is 2.29. The largest absolute Gasteiger partial charge is 0.496 e. The van der Waals surface area contributed by atoms with Gasteiger partial charge in [-0.3, -0.25) is 4.79 Å². The van der Waals surface area contributed by atoms with Crippen molar-refractivity contribution in [1.82, 2.24) is 10.5 Å². The first-order valence-electron chi connectivity index (χ1n) is 9.66. The number of esters is 1. The van der Waals surface area contributed by atoms with Crippen molar-refractivity contribution in [3.05, 3.63) is 83.9 Å². The molecule has 0 saturated heterocycles. The maximum atomic E-state index is 12.5. The molecule has 0 unspecified atom stereocenters. The van der Waals surface area contributed by atoms with Gasteiger partial charge in [0, 0.05) is 17.7 Å². The van der Waals surface area contributed by atoms with Crippen LogP contribution in [0.2, 0.25) is 0 Å². The van der Waals surface area contributed by atoms with E-state index in [2.05, 4.69) is 10.5 Å². The van der Waals surface area contributed by atoms with Crippen molar-refractivity contribution < 1.29 is 23.6 Å². The molecule has 31 heavy (non-hydrogen) atoms. The number of para-hydroxylation sites is 1. The molecule has 3 aromatic carbocycles. The van der Waals surface area contributed by atoms with Crippen LogP contribution in [0, 0.1) is 0 Å². The first-order chi connectivity index (χ1) is 15.2. The molecular weight excluding hydrogens is 396 g/mol. The Morgan fingerprint density at radius 1 is 1.00 bits per heavy atom. The molecule has 0 radical (unpaired) electrons. The Labute approximate surface area is 178 Å². The Morgan fingerprint density at radius 2 is 1.77 bits per heavy atom. The zero-order chi connectivity index (χ0) is 21.6. The Balaban J connectivity index is 1.40. The molecule has 1 amide bonds. The van der Waals surface area contributed by atoms with Crippen molar-refractivity contribution in [1.29, 1.82) is 0 Å². The number of aromatic nitrogens is 1. The molecule has 1 heterocycles. The van der Waals surface area contributed by atoms with E-state index in [0.29, 0.717) is 28.0 Å². The van der Waals surface area contributed by atoms with Crippen LogP contribution >= 0.6 is 0 Å². The number of carbonyl (C=O) groups excluding carboxylic acids is 2. The van der Waals surface area contributed by atoms with Crippen molar-refractivity contribution in [3.63, 3.8) is 0 Å². The highest BCUT2D eigenvalue weighted by molar-refractivity contribution is 5.99. The molecule has 0 aliphatic carbocycles. The number of nitrogens with zero attached hydrogens (tertiary/aromatic N) is 1. The van der Waals surface area contributed by atoms with Crippen molar-refractivity contribution in [2.24, 2.45) is 0 Å². The highest BCUT2D eigenvalue weighted by Gasteiger charge is 2.16. The molecule has 0 aliphatic rings. The molecule has 1 aromatic heterocycles. The third kappa shape index (κ3) is 4.56. The summed E-state index contributed by atoms with van der Waals surface area (Å²) in [5, 5.41) is 7.45. The first-order valence-corrected chi connectivity index (χ1v) is 9.66. The van der Waals surface area contributed by atoms with E-state index in [1.54, 1.807) is 25.3 Å². The summed E-state index contributed by atoms with van der Waals surface area (Å²) in [6.07, 6.45) is 0. The number of ether oxygens (including phenoxy) is 2. The number of hydrogen-bond acceptors (Lipinski definition) is 6. The lowest BCUT2D eigenvalue weighted by atomic mass is 10.1. The molecule has 0 saturated carbocycles. The fourth-order valence-electron chi connectivity index (χ4n) is 3.17. The molecule has 1 N–H and O–H groups in total. The van der Waals surface area contributed by atoms with E-state index in [4.69, 9.17) is 14.0 Å². The van der Waals surface area contributed by atoms with Crippen molar-refractivity contribution >= 4 is 22.8 Å². The van der Waals surface area contributed by atoms with E-state index in [-0.39, 0.29) is 13.2 Å². The van der Waals surface area contributed by atoms with Crippen molar-refractivity contribution in [2.75, 3.05) is 13.7 Å². The predicted octanol–water partition coefficient (Wildman–Crippen LogP) is 3.98. The average molecular weight is 416 g/mol. The lowest BCUT2D eigenvalue weighted by Gasteiger charge is -2.10. The molecule has 0 fully saturated rings. The van der Waals surface area contributed by atoms with Crippen molar-refractivity contribution in [2.45, 2.75) is 6.54 Å². The number of amides is 1. The number of methoxy groups -OCH3 is 1. The normalized spacial score (nSPS) is 10.6. The van der Waals surface area contributed by atoms with Crippen LogP contribution in [0.25, 0.3) is 22.2 Å². The zero-order valence-corrected chi connectivity index (χ0v) is 16.8. The van der Waals surface area contributed by atoms with Gasteiger partial charge in [0.05, 0.1) is 18.1 Å². The molecule has 0 bridgehead atoms. The Hall–Kier alpha value is -4.13. The maximum Gasteiger partial charge on any atom is 0.338 e. The molecule has 156 valence electrons. The summed E-state index contributed by atoms with van der Waals surface area (Å²) in [5.41, 5.74) is 2.62. The van der Waals surface area contributed by atoms with Gasteiger partial charge in [0.15, 0.2) is 12.4 Å². The second kappa shape index (κ2) is 9.13. The van der Waals surface area contributed by atoms with Gasteiger partial charge in [0.25, 0.3) is 5.91 Å². The van der Waals surface area contributed by atoms with Gasteiger partial charge >= 0.3 is 5.97 Å². The molecule has 4 rings (SSSR count). The van der Waals surface area contributed by atoms with Crippen LogP contribution in [0.3, 0.4) is 0 Å². The molecule has 0 spiro atoms. The number of nitrogens with one attached hydrogen (secondary N) is 1. The monoisotopic (exact) mass is 416 g/mol. The Morgan fingerprint density at radius 3 is 2.58 bits per heavy atom. The van der Waals surface area contributed by atoms with Crippen LogP contribution in [0.4, 0.5) is 0 Å². The van der Waals surface area contributed by atoms with Gasteiger partial charge in [-0.15, -0.1) is 0 Å². The number of carbonyl (C=O) groups is 2. The fourth-order valence-corrected chi connectivity index (χ4v) is 3.17. The highest BCUT2D eigenvalue weighted by atomic mass is 16.5. The van der Waals surface area contributed by atoms with Crippen molar-refractivity contribution in [3.8, 4) is 17.1 Å². The number of hydrogen-bond donors (Lipinski definition) is 1. The quantitative estimate of drug-likeness (QED) is 0.459. The van der Waals surface area contributed by atoms with E-state index in [0.717, 1.165) is 11.1 Å². The van der Waals surface area contributed by atoms with Gasteiger partial charge in [0.2, 0.25) is 0 Å². The summed E-state index contributed by atoms with van der Waals surface area (Å²) in [5.74, 6) is 0.237. The summed E-state index contributed by atoms with van der Waals surface area (Å²) in [4.78, 5) is 24.6. The second-order valence-corrected chi connectivity index (χ2v) is 6.77. The summed E-state index contributed by atoms with van der Waals surface area (Å²) in [6.45, 7) is -0.116. The standard InChI is InChI=1S/C24H20N2O5/c1-29-21-10-6-5-9-18(21)14-25-22(27)15-30-24(28)17-11-12-20-19(13-17)23(31-26-20)16-7-3-2-4-8-16/h2-13H,14-15H2,1H3,(H,25,27). The molecular formula is C24H20N2O5. The summed E-state index contributed by atoms with van der Waals surface area (Å²) in [6, 6.07) is 21.8. The number of rotatable bonds is 7. The van der Waals surface area contributed by atoms with Crippen LogP contribution in [0.15, 0.2) is 77.3 Å². The van der Waals surface area contributed by atoms with Crippen LogP contribution < -0.4 is 10.1 Å². The molecule has 7 nitrogen and oxygen atoms in total. The minimum absolute atomic E-state index is 0.271. The van der Waals surface area contributed by atoms with Gasteiger partial charge in [-0.25, -0.2) is 4.79 Å². The predicted molar refractivity (Wildman–Crippen MR) is 115 cm³/mol. The Bertz CT molecular complexity index is 1220. The third-order valence-corrected chi connectivity index (χ3v) is 4.75. The second-order valence-electron chi connectivity index (χ2n) is 6.77. The van der Waals surface area contributed by atoms with E-state index in [9.17, 15) is 9.59 Å². The fraction of sp³-hybridized carbons (Fsp3) is 0.125. The summed E-state index contributed by atoms with van der Waals surface area (Å²) < 4.78 is 15.9. The van der Waals surface area contributed by atoms with Gasteiger partial charge in [-0.2, -0.15) is 0 Å². The van der Waals surface area contributed by atoms with Gasteiger partial charge in [-0.1, -0.05) is 53.7 Å². The molecule has 7 heteroatoms. The molecule has 0 atom stereocenters. The van der Waals surface area contributed by atoms with E-state index < -0.39 is 11.9 Å². The van der Waals surface area contributed by atoms with Crippen LogP contribution in [-0.4, -0.2) is 30.7 Å². The van der Waals surface area contributed by atoms with Crippen LogP contribution in [-0.2, 0) is 16.1 Å². The minimum atomic E-state index is -0.602. The smallest absolute Gasteiger partial charge is 0.338 e. The number of fused-ring (bicyclic) bond motifs is 1. The van der Waals surface area contributed by atoms with Crippen LogP contribution in [0.5, 0.6) is 5.75 Å². The topological polar surface area (TPSA) is 90.7 Å². The zero-order valence-electron chi connectivity index (χ0n) is 16.8. The molecule has 4 aromatic rings. The van der Waals surface area contributed by atoms with Crippen LogP contribution in [0.1, 0.15) is 15.9 Å². The summed E-state index contributed by atoms with van der Waals surface area (Å²) in [7, 11) is 1.57. The summed E-state index contributed by atoms with van der Waals surface area (Å²) >= 11 is 0. The van der Waals surface area contributed by atoms with E-state index in [1.807, 2.05) is 54.6 Å². The SMILES string of the molecule is COc1ccccc1CNC(=O)COC(=O)c1ccc2noc(-c3ccccc3)c2c1. The van der Waals surface area contributed by atoms with Gasteiger partial charge < -0.3 is 19.3 Å². The average Bonchev–Trinajstić information content (AvgIpc) is 3.25. The maximum absolute atomic E-state index is 12.5. The molecule has 0 aliphatic heterocycles. The Kier molecular flexibility index (Phi) is 5.93. The lowest BCUT2D eigenvalue weighted by Crippen LogP contribution is -2.28. The number of benzene rings is 3. The first kappa shape index (κ1) is 20.2. The van der Waals surface area contributed by atoms with E-state index in [1.165, 1.54) is 0 Å².